The van der Waals surface area contributed by atoms with Crippen molar-refractivity contribution in [1.82, 2.24) is 20.2 Å². The summed E-state index contributed by atoms with van der Waals surface area (Å²) in [4.78, 5) is 16.3. The molecule has 1 aromatic heterocycles. The molecule has 7 nitrogen and oxygen atoms in total. The van der Waals surface area contributed by atoms with Gasteiger partial charge in [-0.15, -0.1) is 0 Å². The first kappa shape index (κ1) is 23.3. The van der Waals surface area contributed by atoms with Gasteiger partial charge in [0.15, 0.2) is 5.82 Å². The van der Waals surface area contributed by atoms with Crippen LogP contribution in [0.15, 0.2) is 48.5 Å². The molecule has 0 spiro atoms. The first-order chi connectivity index (χ1) is 19.0. The van der Waals surface area contributed by atoms with Gasteiger partial charge in [0.2, 0.25) is 5.95 Å². The summed E-state index contributed by atoms with van der Waals surface area (Å²) in [6, 6.07) is 15.8. The van der Waals surface area contributed by atoms with Crippen LogP contribution in [0.5, 0.6) is 5.75 Å². The van der Waals surface area contributed by atoms with Gasteiger partial charge in [0.05, 0.1) is 0 Å². The molecule has 0 radical (unpaired) electrons. The third-order valence-electron chi connectivity index (χ3n) is 8.95. The minimum atomic E-state index is -0.730. The number of rotatable bonds is 4. The van der Waals surface area contributed by atoms with Crippen molar-refractivity contribution in [2.24, 2.45) is 0 Å². The second kappa shape index (κ2) is 8.72. The van der Waals surface area contributed by atoms with Gasteiger partial charge in [-0.05, 0) is 47.4 Å². The minimum absolute atomic E-state index is 0.0942. The van der Waals surface area contributed by atoms with Crippen LogP contribution in [0.4, 0.5) is 20.5 Å². The number of aromatic nitrogens is 2. The molecule has 5 heterocycles. The Kier molecular flexibility index (Phi) is 5.22. The summed E-state index contributed by atoms with van der Waals surface area (Å²) in [5.74, 6) is 0.979. The van der Waals surface area contributed by atoms with E-state index >= 15 is 4.39 Å². The third-order valence-corrected chi connectivity index (χ3v) is 8.95. The largest absolute Gasteiger partial charge is 0.508 e. The van der Waals surface area contributed by atoms with E-state index in [0.29, 0.717) is 66.2 Å². The van der Waals surface area contributed by atoms with Gasteiger partial charge in [-0.1, -0.05) is 30.3 Å². The van der Waals surface area contributed by atoms with E-state index in [1.54, 1.807) is 18.2 Å². The number of phenols is 1. The van der Waals surface area contributed by atoms with Gasteiger partial charge in [-0.3, -0.25) is 4.90 Å². The maximum absolute atomic E-state index is 16.5. The Bertz CT molecular complexity index is 1590. The van der Waals surface area contributed by atoms with Gasteiger partial charge in [0, 0.05) is 68.3 Å². The van der Waals surface area contributed by atoms with Gasteiger partial charge in [0.25, 0.3) is 0 Å². The standard InChI is InChI=1S/C30H30F2N6O/c31-18-11-36(12-18)21-15-38(16-21)30-34-28-25(29(35-30)37-13-19-5-6-20(14-37)33-19)8-7-24(27(28)32)26-10-22(39)9-17-3-1-2-4-23(17)26/h1-4,7-10,18-21,33,39H,5-6,11-16H2/t19-,20+. The van der Waals surface area contributed by atoms with Crippen LogP contribution >= 0.6 is 0 Å². The first-order valence-electron chi connectivity index (χ1n) is 13.9. The van der Waals surface area contributed by atoms with Crippen molar-refractivity contribution in [1.29, 1.82) is 0 Å². The average Bonchev–Trinajstić information content (AvgIpc) is 3.23. The van der Waals surface area contributed by atoms with E-state index in [0.717, 1.165) is 42.5 Å². The van der Waals surface area contributed by atoms with Crippen LogP contribution in [0.3, 0.4) is 0 Å². The van der Waals surface area contributed by atoms with Crippen LogP contribution in [0, 0.1) is 5.82 Å². The van der Waals surface area contributed by atoms with Crippen LogP contribution in [-0.4, -0.2) is 83.5 Å². The monoisotopic (exact) mass is 528 g/mol. The Balaban J connectivity index is 1.25. The van der Waals surface area contributed by atoms with Gasteiger partial charge in [0.1, 0.15) is 23.3 Å². The lowest BCUT2D eigenvalue weighted by Crippen LogP contribution is -2.66. The van der Waals surface area contributed by atoms with E-state index < -0.39 is 12.0 Å². The van der Waals surface area contributed by atoms with Crippen molar-refractivity contribution in [2.45, 2.75) is 37.1 Å². The highest BCUT2D eigenvalue weighted by Crippen LogP contribution is 2.39. The smallest absolute Gasteiger partial charge is 0.228 e. The quantitative estimate of drug-likeness (QED) is 0.414. The number of alkyl halides is 1. The Morgan fingerprint density at radius 1 is 0.821 bits per heavy atom. The van der Waals surface area contributed by atoms with Crippen molar-refractivity contribution in [3.05, 3.63) is 54.3 Å². The predicted molar refractivity (Wildman–Crippen MR) is 149 cm³/mol. The molecule has 200 valence electrons. The number of nitrogens with one attached hydrogen (secondary N) is 1. The van der Waals surface area contributed by atoms with Crippen LogP contribution in [-0.2, 0) is 0 Å². The molecule has 2 N–H and O–H groups in total. The summed E-state index contributed by atoms with van der Waals surface area (Å²) in [6.45, 7) is 4.06. The molecule has 4 aliphatic heterocycles. The number of fused-ring (bicyclic) bond motifs is 4. The number of phenolic OH excluding ortho intramolecular Hbond substituents is 1. The lowest BCUT2D eigenvalue weighted by Gasteiger charge is -2.50. The molecule has 0 unspecified atom stereocenters. The molecule has 3 aromatic carbocycles. The highest BCUT2D eigenvalue weighted by atomic mass is 19.1. The summed E-state index contributed by atoms with van der Waals surface area (Å²) in [5, 5.41) is 16.5. The molecule has 4 saturated heterocycles. The average molecular weight is 529 g/mol. The SMILES string of the molecule is Oc1cc(-c2ccc3c(N4C[C@H]5CC[C@@H](C4)N5)nc(N4CC(N5CC(F)C5)C4)nc3c2F)c2ccccc2c1. The molecule has 4 aliphatic rings. The zero-order chi connectivity index (χ0) is 26.2. The maximum atomic E-state index is 16.5. The summed E-state index contributed by atoms with van der Waals surface area (Å²) >= 11 is 0. The molecule has 0 aliphatic carbocycles. The fourth-order valence-corrected chi connectivity index (χ4v) is 6.82. The highest BCUT2D eigenvalue weighted by molar-refractivity contribution is 6.01. The topological polar surface area (TPSA) is 67.8 Å². The molecule has 2 atom stereocenters. The summed E-state index contributed by atoms with van der Waals surface area (Å²) in [7, 11) is 0. The Morgan fingerprint density at radius 3 is 2.36 bits per heavy atom. The second-order valence-corrected chi connectivity index (χ2v) is 11.5. The number of likely N-dealkylation sites (tertiary alicyclic amines) is 1. The molecule has 4 fully saturated rings. The van der Waals surface area contributed by atoms with E-state index in [9.17, 15) is 9.50 Å². The van der Waals surface area contributed by atoms with Gasteiger partial charge >= 0.3 is 0 Å². The van der Waals surface area contributed by atoms with Crippen molar-refractivity contribution in [3.8, 4) is 16.9 Å². The van der Waals surface area contributed by atoms with Crippen LogP contribution in [0.1, 0.15) is 12.8 Å². The number of anilines is 2. The number of hydrogen-bond donors (Lipinski definition) is 2. The summed E-state index contributed by atoms with van der Waals surface area (Å²) in [5.41, 5.74) is 1.33. The fraction of sp³-hybridized carbons (Fsp3) is 0.400. The van der Waals surface area contributed by atoms with Gasteiger partial charge in [-0.25, -0.2) is 13.8 Å². The normalized spacial score (nSPS) is 23.9. The molecule has 0 saturated carbocycles. The van der Waals surface area contributed by atoms with Crippen LogP contribution in [0.25, 0.3) is 32.8 Å². The Morgan fingerprint density at radius 2 is 1.59 bits per heavy atom. The minimum Gasteiger partial charge on any atom is -0.508 e. The summed E-state index contributed by atoms with van der Waals surface area (Å²) in [6.07, 6.45) is 1.55. The highest BCUT2D eigenvalue weighted by Gasteiger charge is 2.40. The molecular weight excluding hydrogens is 498 g/mol. The summed E-state index contributed by atoms with van der Waals surface area (Å²) < 4.78 is 29.9. The van der Waals surface area contributed by atoms with E-state index in [-0.39, 0.29) is 11.8 Å². The van der Waals surface area contributed by atoms with Crippen LogP contribution < -0.4 is 15.1 Å². The zero-order valence-corrected chi connectivity index (χ0v) is 21.5. The molecule has 39 heavy (non-hydrogen) atoms. The lowest BCUT2D eigenvalue weighted by molar-refractivity contribution is 0.0169. The second-order valence-electron chi connectivity index (χ2n) is 11.5. The number of nitrogens with zero attached hydrogens (tertiary/aromatic N) is 5. The first-order valence-corrected chi connectivity index (χ1v) is 13.9. The molecule has 4 aromatic rings. The van der Waals surface area contributed by atoms with Crippen molar-refractivity contribution in [2.75, 3.05) is 49.1 Å². The molecule has 2 bridgehead atoms. The molecule has 8 rings (SSSR count). The zero-order valence-electron chi connectivity index (χ0n) is 21.5. The predicted octanol–water partition coefficient (Wildman–Crippen LogP) is 4.08. The van der Waals surface area contributed by atoms with Crippen molar-refractivity contribution in [3.63, 3.8) is 0 Å². The van der Waals surface area contributed by atoms with E-state index in [1.807, 2.05) is 30.3 Å². The fourth-order valence-electron chi connectivity index (χ4n) is 6.82. The van der Waals surface area contributed by atoms with Gasteiger partial charge < -0.3 is 20.2 Å². The Labute approximate surface area is 225 Å². The van der Waals surface area contributed by atoms with Crippen molar-refractivity contribution >= 4 is 33.4 Å². The van der Waals surface area contributed by atoms with E-state index in [2.05, 4.69) is 20.0 Å². The van der Waals surface area contributed by atoms with E-state index in [4.69, 9.17) is 9.97 Å². The number of benzene rings is 3. The molecular formula is C30H30F2N6O. The number of piperazine rings is 1. The van der Waals surface area contributed by atoms with Crippen LogP contribution in [0.2, 0.25) is 0 Å². The third kappa shape index (κ3) is 3.82. The maximum Gasteiger partial charge on any atom is 0.228 e. The van der Waals surface area contributed by atoms with Crippen molar-refractivity contribution < 1.29 is 13.9 Å². The van der Waals surface area contributed by atoms with E-state index in [1.165, 1.54) is 0 Å². The van der Waals surface area contributed by atoms with Gasteiger partial charge in [-0.2, -0.15) is 4.98 Å². The molecule has 0 amide bonds. The Hall–Kier alpha value is -3.56. The number of aromatic hydroxyl groups is 1. The lowest BCUT2D eigenvalue weighted by atomic mass is 9.96. The molecule has 9 heteroatoms. The number of hydrogen-bond acceptors (Lipinski definition) is 7. The number of halogens is 2.